The van der Waals surface area contributed by atoms with Gasteiger partial charge in [0, 0.05) is 23.6 Å². The first-order valence-corrected chi connectivity index (χ1v) is 6.57. The Morgan fingerprint density at radius 2 is 2.11 bits per heavy atom. The number of aromatic nitrogens is 1. The van der Waals surface area contributed by atoms with Crippen LogP contribution in [0.3, 0.4) is 0 Å². The molecule has 102 valence electrons. The number of H-pyrrole nitrogens is 1. The van der Waals surface area contributed by atoms with Crippen molar-refractivity contribution >= 4 is 16.8 Å². The van der Waals surface area contributed by atoms with E-state index in [-0.39, 0.29) is 24.3 Å². The molecule has 1 heterocycles. The van der Waals surface area contributed by atoms with Gasteiger partial charge in [-0.3, -0.25) is 4.79 Å². The maximum atomic E-state index is 12.0. The topological polar surface area (TPSA) is 65.1 Å². The molecule has 2 rings (SSSR count). The highest BCUT2D eigenvalue weighted by Gasteiger charge is 2.20. The number of hydrogen-bond acceptors (Lipinski definition) is 2. The summed E-state index contributed by atoms with van der Waals surface area (Å²) >= 11 is 0. The van der Waals surface area contributed by atoms with Crippen molar-refractivity contribution < 1.29 is 9.90 Å². The number of benzene rings is 1. The van der Waals surface area contributed by atoms with Crippen molar-refractivity contribution in [2.45, 2.75) is 20.4 Å². The third kappa shape index (κ3) is 2.96. The van der Waals surface area contributed by atoms with Crippen LogP contribution >= 0.6 is 0 Å². The fourth-order valence-electron chi connectivity index (χ4n) is 2.19. The molecular weight excluding hydrogens is 240 g/mol. The van der Waals surface area contributed by atoms with Gasteiger partial charge in [0.1, 0.15) is 0 Å². The average molecular weight is 260 g/mol. The van der Waals surface area contributed by atoms with E-state index in [2.05, 4.69) is 10.3 Å². The Hall–Kier alpha value is -1.81. The van der Waals surface area contributed by atoms with Gasteiger partial charge in [-0.15, -0.1) is 0 Å². The van der Waals surface area contributed by atoms with Crippen molar-refractivity contribution in [3.63, 3.8) is 0 Å². The van der Waals surface area contributed by atoms with E-state index in [4.69, 9.17) is 0 Å². The van der Waals surface area contributed by atoms with Gasteiger partial charge in [-0.05, 0) is 17.5 Å². The molecule has 2 aromatic rings. The highest BCUT2D eigenvalue weighted by Crippen LogP contribution is 2.17. The molecule has 3 N–H and O–H groups in total. The molecule has 1 aromatic heterocycles. The Morgan fingerprint density at radius 3 is 2.79 bits per heavy atom. The predicted octanol–water partition coefficient (Wildman–Crippen LogP) is 2.05. The summed E-state index contributed by atoms with van der Waals surface area (Å²) in [7, 11) is 0. The fraction of sp³-hybridized carbons (Fsp3) is 0.400. The lowest BCUT2D eigenvalue weighted by molar-refractivity contribution is -0.127. The van der Waals surface area contributed by atoms with Crippen molar-refractivity contribution in [2.75, 3.05) is 6.61 Å². The molecule has 0 spiro atoms. The van der Waals surface area contributed by atoms with Crippen LogP contribution in [0.25, 0.3) is 10.9 Å². The second kappa shape index (κ2) is 5.89. The van der Waals surface area contributed by atoms with Crippen LogP contribution in [0.15, 0.2) is 30.5 Å². The van der Waals surface area contributed by atoms with Crippen molar-refractivity contribution in [2.24, 2.45) is 11.8 Å². The first kappa shape index (κ1) is 13.6. The highest BCUT2D eigenvalue weighted by atomic mass is 16.3. The second-order valence-electron chi connectivity index (χ2n) is 5.11. The maximum Gasteiger partial charge on any atom is 0.225 e. The van der Waals surface area contributed by atoms with Gasteiger partial charge >= 0.3 is 0 Å². The zero-order valence-corrected chi connectivity index (χ0v) is 11.3. The van der Waals surface area contributed by atoms with Crippen LogP contribution in [0.2, 0.25) is 0 Å². The van der Waals surface area contributed by atoms with E-state index in [9.17, 15) is 9.90 Å². The third-order valence-corrected chi connectivity index (χ3v) is 3.47. The number of amides is 1. The summed E-state index contributed by atoms with van der Waals surface area (Å²) in [6, 6.07) is 7.98. The number of aromatic amines is 1. The van der Waals surface area contributed by atoms with E-state index in [0.29, 0.717) is 6.54 Å². The number of rotatable bonds is 5. The summed E-state index contributed by atoms with van der Waals surface area (Å²) in [5.74, 6) is -0.305. The lowest BCUT2D eigenvalue weighted by Gasteiger charge is -2.17. The van der Waals surface area contributed by atoms with Gasteiger partial charge in [-0.25, -0.2) is 0 Å². The zero-order valence-electron chi connectivity index (χ0n) is 11.3. The molecule has 1 amide bonds. The Balaban J connectivity index is 2.04. The molecule has 1 unspecified atom stereocenters. The number of para-hydroxylation sites is 1. The van der Waals surface area contributed by atoms with E-state index < -0.39 is 0 Å². The lowest BCUT2D eigenvalue weighted by atomic mass is 9.96. The summed E-state index contributed by atoms with van der Waals surface area (Å²) in [5.41, 5.74) is 2.12. The van der Waals surface area contributed by atoms with E-state index in [0.717, 1.165) is 16.5 Å². The van der Waals surface area contributed by atoms with E-state index in [1.807, 2.05) is 44.3 Å². The van der Waals surface area contributed by atoms with Crippen LogP contribution in [0.1, 0.15) is 19.4 Å². The summed E-state index contributed by atoms with van der Waals surface area (Å²) in [6.45, 7) is 4.24. The van der Waals surface area contributed by atoms with Crippen LogP contribution in [0.4, 0.5) is 0 Å². The van der Waals surface area contributed by atoms with Gasteiger partial charge in [0.2, 0.25) is 5.91 Å². The van der Waals surface area contributed by atoms with Gasteiger partial charge < -0.3 is 15.4 Å². The molecular formula is C15H20N2O2. The lowest BCUT2D eigenvalue weighted by Crippen LogP contribution is -2.35. The summed E-state index contributed by atoms with van der Waals surface area (Å²) < 4.78 is 0. The van der Waals surface area contributed by atoms with Crippen molar-refractivity contribution in [3.8, 4) is 0 Å². The molecule has 0 aliphatic rings. The molecule has 0 saturated heterocycles. The van der Waals surface area contributed by atoms with Crippen molar-refractivity contribution in [1.82, 2.24) is 10.3 Å². The van der Waals surface area contributed by atoms with Crippen LogP contribution in [0, 0.1) is 11.8 Å². The summed E-state index contributed by atoms with van der Waals surface area (Å²) in [4.78, 5) is 15.1. The Labute approximate surface area is 112 Å². The predicted molar refractivity (Wildman–Crippen MR) is 75.6 cm³/mol. The van der Waals surface area contributed by atoms with Crippen LogP contribution in [-0.4, -0.2) is 22.6 Å². The zero-order chi connectivity index (χ0) is 13.8. The molecule has 0 saturated carbocycles. The van der Waals surface area contributed by atoms with Crippen LogP contribution in [0.5, 0.6) is 0 Å². The van der Waals surface area contributed by atoms with Gasteiger partial charge in [0.05, 0.1) is 12.5 Å². The standard InChI is InChI=1S/C15H20N2O2/c1-10(2)13(9-18)15(19)17-8-11-7-16-14-6-4-3-5-12(11)14/h3-7,10,13,16,18H,8-9H2,1-2H3,(H,17,19). The first-order chi connectivity index (χ1) is 9.13. The van der Waals surface area contributed by atoms with Gasteiger partial charge in [0.25, 0.3) is 0 Å². The maximum absolute atomic E-state index is 12.0. The minimum absolute atomic E-state index is 0.0946. The van der Waals surface area contributed by atoms with E-state index in [1.54, 1.807) is 0 Å². The van der Waals surface area contributed by atoms with Gasteiger partial charge in [-0.2, -0.15) is 0 Å². The molecule has 4 nitrogen and oxygen atoms in total. The summed E-state index contributed by atoms with van der Waals surface area (Å²) in [5, 5.41) is 13.2. The van der Waals surface area contributed by atoms with Gasteiger partial charge in [0.15, 0.2) is 0 Å². The largest absolute Gasteiger partial charge is 0.396 e. The van der Waals surface area contributed by atoms with Crippen molar-refractivity contribution in [1.29, 1.82) is 0 Å². The van der Waals surface area contributed by atoms with Crippen LogP contribution in [-0.2, 0) is 11.3 Å². The monoisotopic (exact) mass is 260 g/mol. The number of aliphatic hydroxyl groups is 1. The molecule has 0 fully saturated rings. The molecule has 19 heavy (non-hydrogen) atoms. The molecule has 1 aromatic carbocycles. The number of aliphatic hydroxyl groups excluding tert-OH is 1. The minimum atomic E-state index is -0.342. The van der Waals surface area contributed by atoms with E-state index >= 15 is 0 Å². The molecule has 4 heteroatoms. The number of fused-ring (bicyclic) bond motifs is 1. The number of nitrogens with one attached hydrogen (secondary N) is 2. The second-order valence-corrected chi connectivity index (χ2v) is 5.11. The number of carbonyl (C=O) groups is 1. The SMILES string of the molecule is CC(C)C(CO)C(=O)NCc1c[nH]c2ccccc12. The Morgan fingerprint density at radius 1 is 1.37 bits per heavy atom. The molecule has 0 radical (unpaired) electrons. The first-order valence-electron chi connectivity index (χ1n) is 6.57. The molecule has 1 atom stereocenters. The smallest absolute Gasteiger partial charge is 0.225 e. The van der Waals surface area contributed by atoms with E-state index in [1.165, 1.54) is 0 Å². The average Bonchev–Trinajstić information content (AvgIpc) is 2.80. The normalized spacial score (nSPS) is 12.8. The highest BCUT2D eigenvalue weighted by molar-refractivity contribution is 5.84. The Bertz CT molecular complexity index is 560. The minimum Gasteiger partial charge on any atom is -0.396 e. The van der Waals surface area contributed by atoms with Gasteiger partial charge in [-0.1, -0.05) is 32.0 Å². The number of hydrogen-bond donors (Lipinski definition) is 3. The third-order valence-electron chi connectivity index (χ3n) is 3.47. The number of carbonyl (C=O) groups excluding carboxylic acids is 1. The molecule has 0 aliphatic carbocycles. The summed E-state index contributed by atoms with van der Waals surface area (Å²) in [6.07, 6.45) is 1.91. The quantitative estimate of drug-likeness (QED) is 0.770. The van der Waals surface area contributed by atoms with Crippen molar-refractivity contribution in [3.05, 3.63) is 36.0 Å². The van der Waals surface area contributed by atoms with Crippen LogP contribution < -0.4 is 5.32 Å². The fourth-order valence-corrected chi connectivity index (χ4v) is 2.19. The Kier molecular flexibility index (Phi) is 4.22. The molecule has 0 aliphatic heterocycles. The molecule has 0 bridgehead atoms.